The lowest BCUT2D eigenvalue weighted by Crippen LogP contribution is -1.97. The predicted octanol–water partition coefficient (Wildman–Crippen LogP) is 1.78. The normalized spacial score (nSPS) is 9.20. The van der Waals surface area contributed by atoms with Crippen LogP contribution in [0.1, 0.15) is 5.56 Å². The van der Waals surface area contributed by atoms with Crippen LogP contribution in [-0.4, -0.2) is 21.3 Å². The van der Waals surface area contributed by atoms with Crippen LogP contribution in [0.2, 0.25) is 0 Å². The third kappa shape index (κ3) is 2.32. The maximum atomic E-state index is 8.68. The molecule has 0 spiro atoms. The molecule has 0 aliphatic carbocycles. The summed E-state index contributed by atoms with van der Waals surface area (Å²) in [5, 5.41) is 8.68. The van der Waals surface area contributed by atoms with Crippen LogP contribution in [0.5, 0.6) is 17.2 Å². The van der Waals surface area contributed by atoms with E-state index < -0.39 is 0 Å². The molecule has 0 N–H and O–H groups in total. The lowest BCUT2D eigenvalue weighted by molar-refractivity contribution is 0.346. The minimum absolute atomic E-state index is 0.261. The number of nitrogens with zero attached hydrogens (tertiary/aromatic N) is 1. The van der Waals surface area contributed by atoms with Gasteiger partial charge in [0, 0.05) is 11.6 Å². The van der Waals surface area contributed by atoms with Crippen molar-refractivity contribution < 1.29 is 14.2 Å². The van der Waals surface area contributed by atoms with Gasteiger partial charge in [0.05, 0.1) is 33.8 Å². The monoisotopic (exact) mass is 207 g/mol. The average Bonchev–Trinajstić information content (AvgIpc) is 2.28. The van der Waals surface area contributed by atoms with Crippen LogP contribution in [0.25, 0.3) is 0 Å². The average molecular weight is 207 g/mol. The molecule has 0 fully saturated rings. The summed E-state index contributed by atoms with van der Waals surface area (Å²) < 4.78 is 15.4. The SMILES string of the molecule is COc1cc(CC#N)c(OC)c(OC)c1. The Hall–Kier alpha value is -1.89. The van der Waals surface area contributed by atoms with Crippen molar-refractivity contribution in [2.24, 2.45) is 0 Å². The summed E-state index contributed by atoms with van der Waals surface area (Å²) in [5.74, 6) is 1.81. The number of rotatable bonds is 4. The standard InChI is InChI=1S/C11H13NO3/c1-13-9-6-8(4-5-12)11(15-3)10(7-9)14-2/h6-7H,4H2,1-3H3. The van der Waals surface area contributed by atoms with Gasteiger partial charge in [-0.25, -0.2) is 0 Å². The van der Waals surface area contributed by atoms with E-state index in [1.165, 1.54) is 0 Å². The number of benzene rings is 1. The molecule has 0 aromatic heterocycles. The molecule has 4 nitrogen and oxygen atoms in total. The Balaban J connectivity index is 3.27. The highest BCUT2D eigenvalue weighted by molar-refractivity contribution is 5.52. The van der Waals surface area contributed by atoms with Gasteiger partial charge in [0.1, 0.15) is 5.75 Å². The van der Waals surface area contributed by atoms with Crippen molar-refractivity contribution in [1.82, 2.24) is 0 Å². The van der Waals surface area contributed by atoms with Crippen molar-refractivity contribution in [2.45, 2.75) is 6.42 Å². The first kappa shape index (κ1) is 11.2. The zero-order chi connectivity index (χ0) is 11.3. The van der Waals surface area contributed by atoms with Crippen LogP contribution in [0.3, 0.4) is 0 Å². The zero-order valence-corrected chi connectivity index (χ0v) is 9.03. The van der Waals surface area contributed by atoms with Crippen LogP contribution in [0, 0.1) is 11.3 Å². The van der Waals surface area contributed by atoms with E-state index in [2.05, 4.69) is 6.07 Å². The number of hydrogen-bond donors (Lipinski definition) is 0. The molecule has 0 atom stereocenters. The van der Waals surface area contributed by atoms with Gasteiger partial charge in [0.15, 0.2) is 11.5 Å². The maximum Gasteiger partial charge on any atom is 0.165 e. The van der Waals surface area contributed by atoms with Crippen LogP contribution in [0.15, 0.2) is 12.1 Å². The summed E-state index contributed by atoms with van der Waals surface area (Å²) in [4.78, 5) is 0. The van der Waals surface area contributed by atoms with Crippen molar-refractivity contribution in [3.05, 3.63) is 17.7 Å². The molecule has 0 aliphatic heterocycles. The van der Waals surface area contributed by atoms with Crippen molar-refractivity contribution in [1.29, 1.82) is 5.26 Å². The zero-order valence-electron chi connectivity index (χ0n) is 9.03. The summed E-state index contributed by atoms with van der Waals surface area (Å²) >= 11 is 0. The van der Waals surface area contributed by atoms with Gasteiger partial charge in [-0.1, -0.05) is 0 Å². The lowest BCUT2D eigenvalue weighted by atomic mass is 10.1. The van der Waals surface area contributed by atoms with E-state index >= 15 is 0 Å². The molecule has 0 aliphatic rings. The molecule has 0 heterocycles. The van der Waals surface area contributed by atoms with Gasteiger partial charge in [-0.15, -0.1) is 0 Å². The molecule has 80 valence electrons. The number of hydrogen-bond acceptors (Lipinski definition) is 4. The van der Waals surface area contributed by atoms with Crippen molar-refractivity contribution in [3.8, 4) is 23.3 Å². The second-order valence-corrected chi connectivity index (χ2v) is 2.86. The summed E-state index contributed by atoms with van der Waals surface area (Å²) in [6.45, 7) is 0. The molecule has 0 saturated heterocycles. The van der Waals surface area contributed by atoms with E-state index in [-0.39, 0.29) is 6.42 Å². The Morgan fingerprint density at radius 2 is 1.87 bits per heavy atom. The Labute approximate surface area is 89.0 Å². The van der Waals surface area contributed by atoms with Gasteiger partial charge >= 0.3 is 0 Å². The van der Waals surface area contributed by atoms with Gasteiger partial charge in [-0.05, 0) is 6.07 Å². The molecule has 0 bridgehead atoms. The summed E-state index contributed by atoms with van der Waals surface area (Å²) in [6.07, 6.45) is 0.261. The molecular weight excluding hydrogens is 194 g/mol. The third-order valence-electron chi connectivity index (χ3n) is 2.03. The van der Waals surface area contributed by atoms with Crippen molar-refractivity contribution in [3.63, 3.8) is 0 Å². The van der Waals surface area contributed by atoms with E-state index in [4.69, 9.17) is 19.5 Å². The fourth-order valence-corrected chi connectivity index (χ4v) is 1.35. The van der Waals surface area contributed by atoms with Gasteiger partial charge in [0.25, 0.3) is 0 Å². The highest BCUT2D eigenvalue weighted by Gasteiger charge is 2.12. The van der Waals surface area contributed by atoms with Crippen LogP contribution >= 0.6 is 0 Å². The number of nitriles is 1. The second-order valence-electron chi connectivity index (χ2n) is 2.86. The summed E-state index contributed by atoms with van der Waals surface area (Å²) in [6, 6.07) is 5.56. The number of methoxy groups -OCH3 is 3. The Kier molecular flexibility index (Phi) is 3.81. The molecule has 0 unspecified atom stereocenters. The fraction of sp³-hybridized carbons (Fsp3) is 0.364. The molecule has 4 heteroatoms. The number of ether oxygens (including phenoxy) is 3. The van der Waals surface area contributed by atoms with Gasteiger partial charge in [-0.2, -0.15) is 5.26 Å². The van der Waals surface area contributed by atoms with Crippen LogP contribution in [0.4, 0.5) is 0 Å². The van der Waals surface area contributed by atoms with E-state index in [1.54, 1.807) is 33.5 Å². The molecule has 1 rings (SSSR count). The topological polar surface area (TPSA) is 51.5 Å². The van der Waals surface area contributed by atoms with Gasteiger partial charge in [-0.3, -0.25) is 0 Å². The van der Waals surface area contributed by atoms with Crippen LogP contribution in [-0.2, 0) is 6.42 Å². The Bertz CT molecular complexity index is 382. The van der Waals surface area contributed by atoms with Crippen LogP contribution < -0.4 is 14.2 Å². The molecule has 1 aromatic rings. The predicted molar refractivity (Wildman–Crippen MR) is 55.4 cm³/mol. The van der Waals surface area contributed by atoms with E-state index in [9.17, 15) is 0 Å². The van der Waals surface area contributed by atoms with E-state index in [0.717, 1.165) is 5.56 Å². The van der Waals surface area contributed by atoms with Gasteiger partial charge in [0.2, 0.25) is 0 Å². The molecular formula is C11H13NO3. The highest BCUT2D eigenvalue weighted by Crippen LogP contribution is 2.35. The summed E-state index contributed by atoms with van der Waals surface area (Å²) in [5.41, 5.74) is 0.760. The first-order valence-corrected chi connectivity index (χ1v) is 4.42. The Morgan fingerprint density at radius 3 is 2.33 bits per heavy atom. The van der Waals surface area contributed by atoms with Gasteiger partial charge < -0.3 is 14.2 Å². The molecule has 0 radical (unpaired) electrons. The quantitative estimate of drug-likeness (QED) is 0.755. The lowest BCUT2D eigenvalue weighted by Gasteiger charge is -2.12. The van der Waals surface area contributed by atoms with Crippen molar-refractivity contribution >= 4 is 0 Å². The van der Waals surface area contributed by atoms with Crippen molar-refractivity contribution in [2.75, 3.05) is 21.3 Å². The highest BCUT2D eigenvalue weighted by atomic mass is 16.5. The molecule has 0 amide bonds. The maximum absolute atomic E-state index is 8.68. The van der Waals surface area contributed by atoms with E-state index in [0.29, 0.717) is 17.2 Å². The molecule has 0 saturated carbocycles. The largest absolute Gasteiger partial charge is 0.497 e. The second kappa shape index (κ2) is 5.11. The third-order valence-corrected chi connectivity index (χ3v) is 2.03. The Morgan fingerprint density at radius 1 is 1.13 bits per heavy atom. The minimum atomic E-state index is 0.261. The first-order valence-electron chi connectivity index (χ1n) is 4.42. The van der Waals surface area contributed by atoms with E-state index in [1.807, 2.05) is 0 Å². The molecule has 15 heavy (non-hydrogen) atoms. The smallest absolute Gasteiger partial charge is 0.165 e. The summed E-state index contributed by atoms with van der Waals surface area (Å²) in [7, 11) is 4.66. The molecule has 1 aromatic carbocycles. The minimum Gasteiger partial charge on any atom is -0.497 e. The first-order chi connectivity index (χ1) is 7.26. The fourth-order valence-electron chi connectivity index (χ4n) is 1.35.